The Morgan fingerprint density at radius 1 is 1.30 bits per heavy atom. The average Bonchev–Trinajstić information content (AvgIpc) is 3.09. The summed E-state index contributed by atoms with van der Waals surface area (Å²) in [5, 5.41) is 3.97. The number of ether oxygens (including phenoxy) is 1. The number of hydrogen-bond acceptors (Lipinski definition) is 3. The molecule has 1 aromatic carbocycles. The van der Waals surface area contributed by atoms with Crippen molar-refractivity contribution < 1.29 is 9.15 Å². The van der Waals surface area contributed by atoms with Crippen molar-refractivity contribution in [3.63, 3.8) is 0 Å². The third-order valence-electron chi connectivity index (χ3n) is 3.61. The zero-order valence-electron chi connectivity index (χ0n) is 11.5. The molecule has 106 valence electrons. The molecule has 1 unspecified atom stereocenters. The van der Waals surface area contributed by atoms with E-state index in [2.05, 4.69) is 30.4 Å². The van der Waals surface area contributed by atoms with Gasteiger partial charge < -0.3 is 14.5 Å². The van der Waals surface area contributed by atoms with Crippen LogP contribution in [0.5, 0.6) is 5.75 Å². The predicted octanol–water partition coefficient (Wildman–Crippen LogP) is 3.96. The van der Waals surface area contributed by atoms with Gasteiger partial charge in [-0.2, -0.15) is 0 Å². The van der Waals surface area contributed by atoms with Crippen LogP contribution in [0.4, 0.5) is 0 Å². The van der Waals surface area contributed by atoms with Gasteiger partial charge in [0.1, 0.15) is 5.75 Å². The molecule has 0 fully saturated rings. The number of halogens is 1. The second-order valence-corrected chi connectivity index (χ2v) is 5.31. The fraction of sp³-hybridized carbons (Fsp3) is 0.375. The smallest absolute Gasteiger partial charge is 0.198 e. The molecule has 0 amide bonds. The molecule has 3 nitrogen and oxygen atoms in total. The number of hydrogen-bond donors (Lipinski definition) is 1. The molecule has 0 saturated heterocycles. The first-order chi connectivity index (χ1) is 9.81. The minimum atomic E-state index is 0.00856. The third kappa shape index (κ3) is 2.43. The lowest BCUT2D eigenvalue weighted by Gasteiger charge is -2.20. The lowest BCUT2D eigenvalue weighted by molar-refractivity contribution is 0.350. The molecule has 20 heavy (non-hydrogen) atoms. The van der Waals surface area contributed by atoms with E-state index in [9.17, 15) is 0 Å². The fourth-order valence-electron chi connectivity index (χ4n) is 2.65. The Labute approximate surface area is 123 Å². The van der Waals surface area contributed by atoms with Gasteiger partial charge in [0.05, 0.1) is 18.9 Å². The van der Waals surface area contributed by atoms with E-state index in [0.29, 0.717) is 5.22 Å². The maximum absolute atomic E-state index is 6.17. The molecule has 0 radical (unpaired) electrons. The van der Waals surface area contributed by atoms with Crippen LogP contribution in [0.25, 0.3) is 0 Å². The number of nitrogens with one attached hydrogen (secondary N) is 1. The highest BCUT2D eigenvalue weighted by Crippen LogP contribution is 2.38. The first-order valence-electron chi connectivity index (χ1n) is 7.02. The van der Waals surface area contributed by atoms with Crippen molar-refractivity contribution in [3.8, 4) is 5.75 Å². The molecule has 0 bridgehead atoms. The van der Waals surface area contributed by atoms with Gasteiger partial charge in [-0.1, -0.05) is 25.1 Å². The van der Waals surface area contributed by atoms with Gasteiger partial charge in [-0.15, -0.1) is 0 Å². The van der Waals surface area contributed by atoms with Crippen LogP contribution < -0.4 is 10.1 Å². The highest BCUT2D eigenvalue weighted by molar-refractivity contribution is 6.29. The van der Waals surface area contributed by atoms with Crippen molar-refractivity contribution in [1.29, 1.82) is 0 Å². The Bertz CT molecular complexity index is 594. The quantitative estimate of drug-likeness (QED) is 0.905. The summed E-state index contributed by atoms with van der Waals surface area (Å²) in [6, 6.07) is 8.23. The van der Waals surface area contributed by atoms with Crippen LogP contribution in [-0.4, -0.2) is 13.2 Å². The van der Waals surface area contributed by atoms with Crippen LogP contribution in [0.1, 0.15) is 36.1 Å². The van der Waals surface area contributed by atoms with Crippen molar-refractivity contribution in [3.05, 3.63) is 52.4 Å². The zero-order valence-corrected chi connectivity index (χ0v) is 12.2. The molecule has 1 N–H and O–H groups in total. The summed E-state index contributed by atoms with van der Waals surface area (Å²) in [5.74, 6) is 0.998. The highest BCUT2D eigenvalue weighted by Gasteiger charge is 2.25. The van der Waals surface area contributed by atoms with Gasteiger partial charge in [-0.25, -0.2) is 0 Å². The molecule has 4 heteroatoms. The molecule has 0 aliphatic carbocycles. The zero-order chi connectivity index (χ0) is 13.9. The molecule has 1 aliphatic heterocycles. The van der Waals surface area contributed by atoms with E-state index in [0.717, 1.165) is 42.9 Å². The van der Waals surface area contributed by atoms with Gasteiger partial charge in [0.2, 0.25) is 0 Å². The van der Waals surface area contributed by atoms with Crippen molar-refractivity contribution in [2.24, 2.45) is 0 Å². The summed E-state index contributed by atoms with van der Waals surface area (Å²) >= 11 is 6.17. The van der Waals surface area contributed by atoms with Gasteiger partial charge in [0.25, 0.3) is 0 Å². The Morgan fingerprint density at radius 2 is 2.20 bits per heavy atom. The summed E-state index contributed by atoms with van der Waals surface area (Å²) in [6.07, 6.45) is 3.66. The minimum absolute atomic E-state index is 0.00856. The molecule has 3 rings (SSSR count). The molecule has 0 spiro atoms. The number of benzene rings is 1. The van der Waals surface area contributed by atoms with Crippen LogP contribution >= 0.6 is 11.6 Å². The Morgan fingerprint density at radius 3 is 2.95 bits per heavy atom. The van der Waals surface area contributed by atoms with Gasteiger partial charge >= 0.3 is 0 Å². The third-order valence-corrected chi connectivity index (χ3v) is 3.92. The van der Waals surface area contributed by atoms with Crippen molar-refractivity contribution >= 4 is 11.6 Å². The summed E-state index contributed by atoms with van der Waals surface area (Å²) in [4.78, 5) is 0. The minimum Gasteiger partial charge on any atom is -0.493 e. The van der Waals surface area contributed by atoms with Crippen molar-refractivity contribution in [2.45, 2.75) is 25.8 Å². The van der Waals surface area contributed by atoms with Crippen LogP contribution in [0.15, 0.2) is 34.9 Å². The number of fused-ring (bicyclic) bond motifs is 1. The lowest BCUT2D eigenvalue weighted by Crippen LogP contribution is -2.23. The maximum atomic E-state index is 6.17. The van der Waals surface area contributed by atoms with E-state index >= 15 is 0 Å². The number of rotatable bonds is 5. The van der Waals surface area contributed by atoms with Crippen molar-refractivity contribution in [1.82, 2.24) is 5.32 Å². The average molecular weight is 292 g/mol. The van der Waals surface area contributed by atoms with Crippen molar-refractivity contribution in [2.75, 3.05) is 13.2 Å². The van der Waals surface area contributed by atoms with Crippen LogP contribution in [0.2, 0.25) is 5.22 Å². The second kappa shape index (κ2) is 5.90. The molecule has 2 aromatic rings. The molecular formula is C16H18ClNO2. The monoisotopic (exact) mass is 291 g/mol. The van der Waals surface area contributed by atoms with Crippen LogP contribution in [0.3, 0.4) is 0 Å². The number of furan rings is 1. The molecule has 1 atom stereocenters. The summed E-state index contributed by atoms with van der Waals surface area (Å²) < 4.78 is 11.1. The molecule has 2 heterocycles. The first kappa shape index (κ1) is 13.5. The van der Waals surface area contributed by atoms with E-state index in [1.165, 1.54) is 5.56 Å². The SMILES string of the molecule is CCCNC(c1ccoc1Cl)c1cccc2c1OCC2. The Kier molecular flexibility index (Phi) is 3.99. The second-order valence-electron chi connectivity index (χ2n) is 4.97. The topological polar surface area (TPSA) is 34.4 Å². The van der Waals surface area contributed by atoms with E-state index in [-0.39, 0.29) is 6.04 Å². The molecule has 0 saturated carbocycles. The molecule has 1 aliphatic rings. The van der Waals surface area contributed by atoms with Gasteiger partial charge in [-0.05, 0) is 36.2 Å². The lowest BCUT2D eigenvalue weighted by atomic mass is 9.97. The Hall–Kier alpha value is -1.45. The summed E-state index contributed by atoms with van der Waals surface area (Å²) in [7, 11) is 0. The largest absolute Gasteiger partial charge is 0.493 e. The fourth-order valence-corrected chi connectivity index (χ4v) is 2.88. The standard InChI is InChI=1S/C16H18ClNO2/c1-2-8-18-14(13-7-10-20-16(13)17)12-5-3-4-11-6-9-19-15(11)12/h3-5,7,10,14,18H,2,6,8-9H2,1H3. The van der Waals surface area contributed by atoms with E-state index < -0.39 is 0 Å². The Balaban J connectivity index is 2.02. The first-order valence-corrected chi connectivity index (χ1v) is 7.40. The normalized spacial score (nSPS) is 14.9. The van der Waals surface area contributed by atoms with E-state index in [1.807, 2.05) is 6.07 Å². The van der Waals surface area contributed by atoms with Gasteiger partial charge in [-0.3, -0.25) is 0 Å². The van der Waals surface area contributed by atoms with E-state index in [4.69, 9.17) is 20.8 Å². The summed E-state index contributed by atoms with van der Waals surface area (Å²) in [6.45, 7) is 3.81. The molecule has 1 aromatic heterocycles. The predicted molar refractivity (Wildman–Crippen MR) is 79.5 cm³/mol. The maximum Gasteiger partial charge on any atom is 0.198 e. The summed E-state index contributed by atoms with van der Waals surface area (Å²) in [5.41, 5.74) is 3.37. The van der Waals surface area contributed by atoms with Crippen LogP contribution in [0, 0.1) is 0 Å². The van der Waals surface area contributed by atoms with Gasteiger partial charge in [0.15, 0.2) is 5.22 Å². The van der Waals surface area contributed by atoms with Gasteiger partial charge in [0, 0.05) is 17.5 Å². The van der Waals surface area contributed by atoms with E-state index in [1.54, 1.807) is 6.26 Å². The molecular weight excluding hydrogens is 274 g/mol. The highest BCUT2D eigenvalue weighted by atomic mass is 35.5. The van der Waals surface area contributed by atoms with Crippen LogP contribution in [-0.2, 0) is 6.42 Å². The number of para-hydroxylation sites is 1.